The molecule has 200 valence electrons. The molecule has 0 aromatic heterocycles. The number of carbonyl (C=O) groups excluding carboxylic acids is 2. The van der Waals surface area contributed by atoms with Crippen LogP contribution < -0.4 is 24.4 Å². The second kappa shape index (κ2) is 12.0. The highest BCUT2D eigenvalue weighted by Gasteiger charge is 2.35. The summed E-state index contributed by atoms with van der Waals surface area (Å²) in [4.78, 5) is 29.6. The number of hydrogen-bond acceptors (Lipinski definition) is 5. The fraction of sp³-hybridized carbons (Fsp3) is 0.333. The van der Waals surface area contributed by atoms with Crippen molar-refractivity contribution in [1.82, 2.24) is 5.32 Å². The lowest BCUT2D eigenvalue weighted by molar-refractivity contribution is -0.123. The minimum absolute atomic E-state index is 0.0293. The number of ether oxygens (including phenoxy) is 3. The van der Waals surface area contributed by atoms with E-state index < -0.39 is 17.8 Å². The summed E-state index contributed by atoms with van der Waals surface area (Å²) in [5.74, 6) is -0.237. The maximum Gasteiger partial charge on any atom is 0.259 e. The highest BCUT2D eigenvalue weighted by Crippen LogP contribution is 2.40. The van der Waals surface area contributed by atoms with Gasteiger partial charge in [-0.25, -0.2) is 4.39 Å². The Morgan fingerprint density at radius 2 is 1.47 bits per heavy atom. The number of nitrogens with one attached hydrogen (secondary N) is 1. The predicted octanol–water partition coefficient (Wildman–Crippen LogP) is 5.61. The third kappa shape index (κ3) is 5.74. The first-order valence-electron chi connectivity index (χ1n) is 12.6. The molecule has 4 rings (SSSR count). The van der Waals surface area contributed by atoms with Crippen LogP contribution in [0.5, 0.6) is 17.2 Å². The molecule has 0 saturated heterocycles. The Hall–Kier alpha value is -4.07. The topological polar surface area (TPSA) is 77.1 Å². The zero-order valence-corrected chi connectivity index (χ0v) is 22.1. The third-order valence-corrected chi connectivity index (χ3v) is 6.84. The predicted molar refractivity (Wildman–Crippen MR) is 144 cm³/mol. The normalized spacial score (nSPS) is 14.0. The molecule has 1 aliphatic rings. The smallest absolute Gasteiger partial charge is 0.259 e. The largest absolute Gasteiger partial charge is 0.493 e. The lowest BCUT2D eigenvalue weighted by Gasteiger charge is -2.32. The number of aryl methyl sites for hydroxylation is 1. The van der Waals surface area contributed by atoms with Gasteiger partial charge in [0.05, 0.1) is 21.3 Å². The summed E-state index contributed by atoms with van der Waals surface area (Å²) in [6, 6.07) is 15.1. The Balaban J connectivity index is 1.87. The van der Waals surface area contributed by atoms with E-state index in [9.17, 15) is 14.0 Å². The molecule has 1 N–H and O–H groups in total. The van der Waals surface area contributed by atoms with Crippen LogP contribution in [0.1, 0.15) is 53.2 Å². The molecule has 0 bridgehead atoms. The molecule has 1 aliphatic carbocycles. The van der Waals surface area contributed by atoms with Crippen LogP contribution in [0.2, 0.25) is 0 Å². The third-order valence-electron chi connectivity index (χ3n) is 6.84. The van der Waals surface area contributed by atoms with Gasteiger partial charge < -0.3 is 19.5 Å². The minimum Gasteiger partial charge on any atom is -0.493 e. The molecule has 1 saturated carbocycles. The lowest BCUT2D eigenvalue weighted by atomic mass is 10.0. The van der Waals surface area contributed by atoms with Crippen molar-refractivity contribution in [2.45, 2.75) is 44.7 Å². The molecule has 0 radical (unpaired) electrons. The molecule has 0 spiro atoms. The SMILES string of the molecule is COc1cc(C(=O)N(c2ccc(C)cc2)[C@@H](C(=O)NC2CCCC2)c2ccc(F)cc2)cc(OC)c1OC. The van der Waals surface area contributed by atoms with Gasteiger partial charge in [-0.05, 0) is 61.7 Å². The maximum atomic E-state index is 14.3. The maximum absolute atomic E-state index is 14.3. The molecule has 2 amide bonds. The van der Waals surface area contributed by atoms with Gasteiger partial charge in [0.2, 0.25) is 11.7 Å². The fourth-order valence-corrected chi connectivity index (χ4v) is 4.85. The molecule has 0 heterocycles. The van der Waals surface area contributed by atoms with E-state index in [0.717, 1.165) is 31.2 Å². The summed E-state index contributed by atoms with van der Waals surface area (Å²) in [5, 5.41) is 3.13. The van der Waals surface area contributed by atoms with Crippen molar-refractivity contribution >= 4 is 17.5 Å². The fourth-order valence-electron chi connectivity index (χ4n) is 4.85. The molecule has 1 fully saturated rings. The number of amides is 2. The minimum atomic E-state index is -1.05. The van der Waals surface area contributed by atoms with Gasteiger partial charge in [-0.15, -0.1) is 0 Å². The summed E-state index contributed by atoms with van der Waals surface area (Å²) in [6.07, 6.45) is 3.84. The summed E-state index contributed by atoms with van der Waals surface area (Å²) in [5.41, 5.74) is 2.25. The number of carbonyl (C=O) groups is 2. The van der Waals surface area contributed by atoms with Crippen molar-refractivity contribution < 1.29 is 28.2 Å². The molecule has 0 unspecified atom stereocenters. The van der Waals surface area contributed by atoms with Gasteiger partial charge in [-0.3, -0.25) is 14.5 Å². The van der Waals surface area contributed by atoms with Crippen molar-refractivity contribution in [3.8, 4) is 17.2 Å². The van der Waals surface area contributed by atoms with Crippen molar-refractivity contribution in [1.29, 1.82) is 0 Å². The summed E-state index contributed by atoms with van der Waals surface area (Å²) in [6.45, 7) is 1.94. The average Bonchev–Trinajstić information content (AvgIpc) is 3.44. The Morgan fingerprint density at radius 1 is 0.895 bits per heavy atom. The van der Waals surface area contributed by atoms with Gasteiger partial charge in [0.25, 0.3) is 5.91 Å². The molecule has 1 atom stereocenters. The molecule has 3 aromatic rings. The Bertz CT molecular complexity index is 1250. The van der Waals surface area contributed by atoms with Gasteiger partial charge in [-0.2, -0.15) is 0 Å². The summed E-state index contributed by atoms with van der Waals surface area (Å²) in [7, 11) is 4.43. The Morgan fingerprint density at radius 3 is 2.00 bits per heavy atom. The van der Waals surface area contributed by atoms with Gasteiger partial charge in [0, 0.05) is 17.3 Å². The van der Waals surface area contributed by atoms with E-state index in [2.05, 4.69) is 5.32 Å². The van der Waals surface area contributed by atoms with E-state index >= 15 is 0 Å². The summed E-state index contributed by atoms with van der Waals surface area (Å²) >= 11 is 0. The number of rotatable bonds is 9. The monoisotopic (exact) mass is 520 g/mol. The standard InChI is InChI=1S/C30H33FN2O5/c1-19-9-15-24(16-10-19)33(30(35)21-17-25(36-2)28(38-4)26(18-21)37-3)27(20-11-13-22(31)14-12-20)29(34)32-23-7-5-6-8-23/h9-18,23,27H,5-8H2,1-4H3,(H,32,34)/t27-/m1/s1. The first kappa shape index (κ1) is 27.0. The molecule has 7 nitrogen and oxygen atoms in total. The average molecular weight is 521 g/mol. The molecule has 8 heteroatoms. The van der Waals surface area contributed by atoms with Crippen LogP contribution in [-0.2, 0) is 4.79 Å². The lowest BCUT2D eigenvalue weighted by Crippen LogP contribution is -2.46. The van der Waals surface area contributed by atoms with Crippen molar-refractivity contribution in [3.05, 3.63) is 83.2 Å². The van der Waals surface area contributed by atoms with Crippen molar-refractivity contribution in [2.75, 3.05) is 26.2 Å². The molecule has 0 aliphatic heterocycles. The first-order valence-corrected chi connectivity index (χ1v) is 12.6. The molecule has 38 heavy (non-hydrogen) atoms. The van der Waals surface area contributed by atoms with Crippen LogP contribution in [-0.4, -0.2) is 39.2 Å². The number of nitrogens with zero attached hydrogens (tertiary/aromatic N) is 1. The number of benzene rings is 3. The van der Waals surface area contributed by atoms with Gasteiger partial charge in [0.15, 0.2) is 11.5 Å². The molecular formula is C30H33FN2O5. The number of hydrogen-bond donors (Lipinski definition) is 1. The van der Waals surface area contributed by atoms with Gasteiger partial charge in [0.1, 0.15) is 11.9 Å². The first-order chi connectivity index (χ1) is 18.4. The van der Waals surface area contributed by atoms with E-state index in [1.807, 2.05) is 19.1 Å². The zero-order valence-electron chi connectivity index (χ0n) is 22.1. The van der Waals surface area contributed by atoms with Gasteiger partial charge in [-0.1, -0.05) is 42.7 Å². The van der Waals surface area contributed by atoms with Crippen molar-refractivity contribution in [3.63, 3.8) is 0 Å². The van der Waals surface area contributed by atoms with Crippen molar-refractivity contribution in [2.24, 2.45) is 0 Å². The number of halogens is 1. The van der Waals surface area contributed by atoms with Crippen LogP contribution >= 0.6 is 0 Å². The highest BCUT2D eigenvalue weighted by molar-refractivity contribution is 6.10. The van der Waals surface area contributed by atoms with Crippen LogP contribution in [0.25, 0.3) is 0 Å². The van der Waals surface area contributed by atoms with E-state index in [1.54, 1.807) is 24.3 Å². The highest BCUT2D eigenvalue weighted by atomic mass is 19.1. The Labute approximate surface area is 222 Å². The van der Waals surface area contributed by atoms with Crippen LogP contribution in [0, 0.1) is 12.7 Å². The van der Waals surface area contributed by atoms with Crippen LogP contribution in [0.15, 0.2) is 60.7 Å². The second-order valence-electron chi connectivity index (χ2n) is 9.37. The zero-order chi connectivity index (χ0) is 27.2. The quantitative estimate of drug-likeness (QED) is 0.397. The Kier molecular flexibility index (Phi) is 8.51. The number of methoxy groups -OCH3 is 3. The van der Waals surface area contributed by atoms with Crippen LogP contribution in [0.3, 0.4) is 0 Å². The summed E-state index contributed by atoms with van der Waals surface area (Å²) < 4.78 is 30.2. The van der Waals surface area contributed by atoms with E-state index in [0.29, 0.717) is 28.5 Å². The van der Waals surface area contributed by atoms with Crippen LogP contribution in [0.4, 0.5) is 10.1 Å². The van der Waals surface area contributed by atoms with E-state index in [-0.39, 0.29) is 17.5 Å². The van der Waals surface area contributed by atoms with E-state index in [4.69, 9.17) is 14.2 Å². The molecule has 3 aromatic carbocycles. The van der Waals surface area contributed by atoms with Gasteiger partial charge >= 0.3 is 0 Å². The van der Waals surface area contributed by atoms with E-state index in [1.165, 1.54) is 50.5 Å². The second-order valence-corrected chi connectivity index (χ2v) is 9.37. The molecular weight excluding hydrogens is 487 g/mol. The number of anilines is 1.